The van der Waals surface area contributed by atoms with Crippen LogP contribution in [0.3, 0.4) is 0 Å². The van der Waals surface area contributed by atoms with Gasteiger partial charge in [-0.2, -0.15) is 4.98 Å². The van der Waals surface area contributed by atoms with E-state index in [0.29, 0.717) is 28.9 Å². The molecule has 5 rings (SSSR count). The summed E-state index contributed by atoms with van der Waals surface area (Å²) in [6.07, 6.45) is 7.86. The number of benzene rings is 1. The Morgan fingerprint density at radius 3 is 2.44 bits per heavy atom. The summed E-state index contributed by atoms with van der Waals surface area (Å²) in [5.74, 6) is 3.79. The van der Waals surface area contributed by atoms with E-state index in [0.717, 1.165) is 43.1 Å². The van der Waals surface area contributed by atoms with Gasteiger partial charge in [0, 0.05) is 31.4 Å². The average Bonchev–Trinajstić information content (AvgIpc) is 3.59. The van der Waals surface area contributed by atoms with E-state index >= 15 is 0 Å². The molecule has 10 heteroatoms. The second kappa shape index (κ2) is 8.29. The molecule has 0 aliphatic carbocycles. The monoisotopic (exact) mass is 435 g/mol. The summed E-state index contributed by atoms with van der Waals surface area (Å²) < 4.78 is 20.1. The largest absolute Gasteiger partial charge is 0.493 e. The summed E-state index contributed by atoms with van der Waals surface area (Å²) in [6, 6.07) is 7.67. The van der Waals surface area contributed by atoms with Gasteiger partial charge in [0.05, 0.1) is 33.2 Å². The standard InChI is InChI=1S/C22H25N7O3/c1-30-17-11-15(12-18(31-2)20(17)32-3)28-13-19(23-14-28)24-21-16-7-6-10-29(16)26-22(25-21)27-8-4-5-9-27/h6-7,10-14H,4-5,8-9H2,1-3H3,(H,24,25,26). The molecule has 4 aromatic rings. The molecule has 1 fully saturated rings. The minimum absolute atomic E-state index is 0.545. The lowest BCUT2D eigenvalue weighted by atomic mass is 10.2. The Morgan fingerprint density at radius 1 is 1.00 bits per heavy atom. The molecule has 1 aliphatic heterocycles. The van der Waals surface area contributed by atoms with Crippen molar-refractivity contribution in [2.75, 3.05) is 44.6 Å². The first-order valence-electron chi connectivity index (χ1n) is 10.4. The number of fused-ring (bicyclic) bond motifs is 1. The van der Waals surface area contributed by atoms with Crippen molar-refractivity contribution in [2.45, 2.75) is 12.8 Å². The number of nitrogens with one attached hydrogen (secondary N) is 1. The second-order valence-electron chi connectivity index (χ2n) is 7.47. The van der Waals surface area contributed by atoms with Gasteiger partial charge in [0.2, 0.25) is 11.7 Å². The molecule has 0 atom stereocenters. The Kier molecular flexibility index (Phi) is 5.18. The highest BCUT2D eigenvalue weighted by Crippen LogP contribution is 2.39. The molecule has 10 nitrogen and oxygen atoms in total. The SMILES string of the molecule is COc1cc(-n2cnc(Nc3nc(N4CCCC4)nn4cccc34)c2)cc(OC)c1OC. The highest BCUT2D eigenvalue weighted by atomic mass is 16.5. The molecule has 4 heterocycles. The maximum absolute atomic E-state index is 5.47. The van der Waals surface area contributed by atoms with Crippen LogP contribution in [0.25, 0.3) is 11.2 Å². The number of hydrogen-bond donors (Lipinski definition) is 1. The molecule has 0 bridgehead atoms. The van der Waals surface area contributed by atoms with Crippen molar-refractivity contribution in [3.8, 4) is 22.9 Å². The Labute approximate surface area is 185 Å². The highest BCUT2D eigenvalue weighted by Gasteiger charge is 2.19. The summed E-state index contributed by atoms with van der Waals surface area (Å²) in [6.45, 7) is 1.95. The van der Waals surface area contributed by atoms with Crippen molar-refractivity contribution in [3.05, 3.63) is 43.0 Å². The molecule has 32 heavy (non-hydrogen) atoms. The molecular formula is C22H25N7O3. The number of nitrogens with zero attached hydrogens (tertiary/aromatic N) is 6. The lowest BCUT2D eigenvalue weighted by molar-refractivity contribution is 0.324. The number of imidazole rings is 1. The van der Waals surface area contributed by atoms with Crippen LogP contribution in [-0.2, 0) is 0 Å². The van der Waals surface area contributed by atoms with E-state index in [1.165, 1.54) is 0 Å². The Hall–Kier alpha value is -3.95. The summed E-state index contributed by atoms with van der Waals surface area (Å²) in [7, 11) is 4.77. The lowest BCUT2D eigenvalue weighted by Crippen LogP contribution is -2.22. The third-order valence-electron chi connectivity index (χ3n) is 5.55. The highest BCUT2D eigenvalue weighted by molar-refractivity contribution is 5.73. The first-order valence-corrected chi connectivity index (χ1v) is 10.4. The van der Waals surface area contributed by atoms with Gasteiger partial charge in [-0.25, -0.2) is 9.50 Å². The summed E-state index contributed by atoms with van der Waals surface area (Å²) >= 11 is 0. The zero-order valence-corrected chi connectivity index (χ0v) is 18.3. The molecule has 1 aromatic carbocycles. The van der Waals surface area contributed by atoms with Crippen LogP contribution in [-0.4, -0.2) is 58.6 Å². The van der Waals surface area contributed by atoms with Crippen LogP contribution in [0, 0.1) is 0 Å². The molecule has 0 amide bonds. The fourth-order valence-electron chi connectivity index (χ4n) is 3.93. The van der Waals surface area contributed by atoms with E-state index in [1.807, 2.05) is 45.7 Å². The van der Waals surface area contributed by atoms with Gasteiger partial charge in [-0.15, -0.1) is 5.10 Å². The van der Waals surface area contributed by atoms with Crippen molar-refractivity contribution in [3.63, 3.8) is 0 Å². The molecule has 0 saturated carbocycles. The van der Waals surface area contributed by atoms with Crippen molar-refractivity contribution in [1.82, 2.24) is 24.1 Å². The third-order valence-corrected chi connectivity index (χ3v) is 5.55. The molecule has 1 aliphatic rings. The fourth-order valence-corrected chi connectivity index (χ4v) is 3.93. The number of ether oxygens (including phenoxy) is 3. The van der Waals surface area contributed by atoms with Crippen LogP contribution in [0.1, 0.15) is 12.8 Å². The van der Waals surface area contributed by atoms with Gasteiger partial charge in [-0.05, 0) is 25.0 Å². The van der Waals surface area contributed by atoms with E-state index in [-0.39, 0.29) is 0 Å². The molecule has 1 N–H and O–H groups in total. The van der Waals surface area contributed by atoms with Gasteiger partial charge in [0.1, 0.15) is 17.7 Å². The van der Waals surface area contributed by atoms with Crippen LogP contribution >= 0.6 is 0 Å². The predicted octanol–water partition coefficient (Wildman–Crippen LogP) is 3.28. The minimum Gasteiger partial charge on any atom is -0.493 e. The smallest absolute Gasteiger partial charge is 0.245 e. The van der Waals surface area contributed by atoms with Crippen LogP contribution < -0.4 is 24.4 Å². The predicted molar refractivity (Wildman–Crippen MR) is 121 cm³/mol. The van der Waals surface area contributed by atoms with Crippen molar-refractivity contribution in [2.24, 2.45) is 0 Å². The zero-order valence-electron chi connectivity index (χ0n) is 18.3. The van der Waals surface area contributed by atoms with Gasteiger partial charge in [-0.1, -0.05) is 0 Å². The maximum Gasteiger partial charge on any atom is 0.245 e. The molecule has 1 saturated heterocycles. The summed E-state index contributed by atoms with van der Waals surface area (Å²) in [4.78, 5) is 11.5. The fraction of sp³-hybridized carbons (Fsp3) is 0.318. The number of aromatic nitrogens is 5. The van der Waals surface area contributed by atoms with Crippen LogP contribution in [0.4, 0.5) is 17.6 Å². The Balaban J connectivity index is 1.47. The average molecular weight is 435 g/mol. The van der Waals surface area contributed by atoms with E-state index < -0.39 is 0 Å². The van der Waals surface area contributed by atoms with E-state index in [1.54, 1.807) is 27.7 Å². The third kappa shape index (κ3) is 3.53. The first kappa shape index (κ1) is 20.0. The molecule has 3 aromatic heterocycles. The van der Waals surface area contributed by atoms with Gasteiger partial charge < -0.3 is 29.0 Å². The van der Waals surface area contributed by atoms with E-state index in [9.17, 15) is 0 Å². The zero-order chi connectivity index (χ0) is 22.1. The Morgan fingerprint density at radius 2 is 1.75 bits per heavy atom. The quantitative estimate of drug-likeness (QED) is 0.473. The normalized spacial score (nSPS) is 13.5. The van der Waals surface area contributed by atoms with Crippen LogP contribution in [0.15, 0.2) is 43.0 Å². The van der Waals surface area contributed by atoms with E-state index in [2.05, 4.69) is 20.3 Å². The maximum atomic E-state index is 5.47. The number of anilines is 3. The van der Waals surface area contributed by atoms with Gasteiger partial charge in [-0.3, -0.25) is 0 Å². The summed E-state index contributed by atoms with van der Waals surface area (Å²) in [5.41, 5.74) is 1.71. The topological polar surface area (TPSA) is 91.0 Å². The van der Waals surface area contributed by atoms with Gasteiger partial charge in [0.15, 0.2) is 17.3 Å². The molecule has 166 valence electrons. The number of hydrogen-bond acceptors (Lipinski definition) is 8. The number of rotatable bonds is 7. The molecular weight excluding hydrogens is 410 g/mol. The number of methoxy groups -OCH3 is 3. The van der Waals surface area contributed by atoms with Crippen molar-refractivity contribution >= 4 is 23.1 Å². The second-order valence-corrected chi connectivity index (χ2v) is 7.47. The lowest BCUT2D eigenvalue weighted by Gasteiger charge is -2.16. The molecule has 0 radical (unpaired) electrons. The minimum atomic E-state index is 0.545. The van der Waals surface area contributed by atoms with Gasteiger partial charge in [0.25, 0.3) is 0 Å². The first-order chi connectivity index (χ1) is 15.7. The molecule has 0 unspecified atom stereocenters. The molecule has 0 spiro atoms. The van der Waals surface area contributed by atoms with Crippen molar-refractivity contribution in [1.29, 1.82) is 0 Å². The van der Waals surface area contributed by atoms with Crippen LogP contribution in [0.2, 0.25) is 0 Å². The van der Waals surface area contributed by atoms with E-state index in [4.69, 9.17) is 19.2 Å². The van der Waals surface area contributed by atoms with Crippen LogP contribution in [0.5, 0.6) is 17.2 Å². The Bertz CT molecular complexity index is 1220. The van der Waals surface area contributed by atoms with Crippen molar-refractivity contribution < 1.29 is 14.2 Å². The summed E-state index contributed by atoms with van der Waals surface area (Å²) in [5, 5.41) is 8.00. The van der Waals surface area contributed by atoms with Gasteiger partial charge >= 0.3 is 0 Å².